The first kappa shape index (κ1) is 21.4. The Balaban J connectivity index is 1.93. The van der Waals surface area contributed by atoms with Crippen LogP contribution in [0.1, 0.15) is 5.56 Å². The molecule has 0 unspecified atom stereocenters. The average molecular weight is 409 g/mol. The third kappa shape index (κ3) is 5.80. The predicted octanol–water partition coefficient (Wildman–Crippen LogP) is 2.38. The smallest absolute Gasteiger partial charge is 0.330 e. The Labute approximate surface area is 162 Å². The lowest BCUT2D eigenvalue weighted by Gasteiger charge is -2.09. The Bertz CT molecular complexity index is 959. The summed E-state index contributed by atoms with van der Waals surface area (Å²) in [5.74, 6) is -0.892. The van der Waals surface area contributed by atoms with E-state index in [1.54, 1.807) is 18.2 Å². The fourth-order valence-electron chi connectivity index (χ4n) is 2.18. The number of ether oxygens (including phenoxy) is 3. The van der Waals surface area contributed by atoms with E-state index in [1.807, 2.05) is 0 Å². The standard InChI is InChI=1S/C19H20FNO6S/c1-21-28(23,24)18-13-14(7-9-17(18)25-2)8-10-19(22)27-12-11-26-16-6-4-3-5-15(16)20/h3-10,13,21H,11-12H2,1-2H3/b10-8+. The highest BCUT2D eigenvalue weighted by Gasteiger charge is 2.17. The summed E-state index contributed by atoms with van der Waals surface area (Å²) < 4.78 is 54.9. The third-order valence-corrected chi connectivity index (χ3v) is 5.02. The second-order valence-electron chi connectivity index (χ2n) is 5.40. The largest absolute Gasteiger partial charge is 0.495 e. The van der Waals surface area contributed by atoms with Crippen molar-refractivity contribution in [1.82, 2.24) is 4.72 Å². The molecule has 0 aliphatic heterocycles. The summed E-state index contributed by atoms with van der Waals surface area (Å²) in [5, 5.41) is 0. The summed E-state index contributed by atoms with van der Waals surface area (Å²) in [4.78, 5) is 11.7. The molecule has 2 rings (SSSR count). The van der Waals surface area contributed by atoms with Crippen LogP contribution in [0.15, 0.2) is 53.4 Å². The first-order valence-corrected chi connectivity index (χ1v) is 9.69. The molecule has 0 heterocycles. The average Bonchev–Trinajstić information content (AvgIpc) is 2.70. The van der Waals surface area contributed by atoms with Gasteiger partial charge in [0.25, 0.3) is 0 Å². The molecule has 0 atom stereocenters. The molecule has 150 valence electrons. The molecule has 2 aromatic rings. The normalized spacial score (nSPS) is 11.4. The highest BCUT2D eigenvalue weighted by molar-refractivity contribution is 7.89. The molecule has 0 spiro atoms. The van der Waals surface area contributed by atoms with Crippen molar-refractivity contribution in [3.63, 3.8) is 0 Å². The quantitative estimate of drug-likeness (QED) is 0.389. The molecule has 0 aliphatic carbocycles. The topological polar surface area (TPSA) is 90.9 Å². The van der Waals surface area contributed by atoms with E-state index in [1.165, 1.54) is 44.5 Å². The van der Waals surface area contributed by atoms with Crippen LogP contribution < -0.4 is 14.2 Å². The van der Waals surface area contributed by atoms with E-state index < -0.39 is 21.8 Å². The van der Waals surface area contributed by atoms with Crippen LogP contribution >= 0.6 is 0 Å². The molecule has 0 amide bonds. The van der Waals surface area contributed by atoms with Crippen molar-refractivity contribution in [2.75, 3.05) is 27.4 Å². The fourth-order valence-corrected chi connectivity index (χ4v) is 3.11. The SMILES string of the molecule is CNS(=O)(=O)c1cc(/C=C/C(=O)OCCOc2ccccc2F)ccc1OC. The van der Waals surface area contributed by atoms with Crippen LogP contribution in [0.3, 0.4) is 0 Å². The molecule has 0 aromatic heterocycles. The van der Waals surface area contributed by atoms with E-state index >= 15 is 0 Å². The van der Waals surface area contributed by atoms with Gasteiger partial charge in [-0.2, -0.15) is 0 Å². The lowest BCUT2D eigenvalue weighted by Crippen LogP contribution is -2.19. The van der Waals surface area contributed by atoms with Crippen molar-refractivity contribution in [1.29, 1.82) is 0 Å². The molecule has 0 saturated carbocycles. The highest BCUT2D eigenvalue weighted by atomic mass is 32.2. The van der Waals surface area contributed by atoms with Crippen molar-refractivity contribution >= 4 is 22.1 Å². The number of halogens is 1. The van der Waals surface area contributed by atoms with Gasteiger partial charge in [0, 0.05) is 6.08 Å². The van der Waals surface area contributed by atoms with Gasteiger partial charge in [-0.3, -0.25) is 0 Å². The molecule has 7 nitrogen and oxygen atoms in total. The second kappa shape index (κ2) is 9.86. The molecule has 0 aliphatic rings. The summed E-state index contributed by atoms with van der Waals surface area (Å²) >= 11 is 0. The van der Waals surface area contributed by atoms with Gasteiger partial charge in [0.05, 0.1) is 7.11 Å². The first-order chi connectivity index (χ1) is 13.4. The third-order valence-electron chi connectivity index (χ3n) is 3.58. The zero-order valence-electron chi connectivity index (χ0n) is 15.3. The molecule has 0 saturated heterocycles. The van der Waals surface area contributed by atoms with E-state index in [-0.39, 0.29) is 29.6 Å². The van der Waals surface area contributed by atoms with E-state index in [2.05, 4.69) is 4.72 Å². The predicted molar refractivity (Wildman–Crippen MR) is 101 cm³/mol. The second-order valence-corrected chi connectivity index (χ2v) is 7.25. The summed E-state index contributed by atoms with van der Waals surface area (Å²) in [6.45, 7) is -0.0763. The molecular weight excluding hydrogens is 389 g/mol. The van der Waals surface area contributed by atoms with Gasteiger partial charge >= 0.3 is 5.97 Å². The lowest BCUT2D eigenvalue weighted by molar-refractivity contribution is -0.138. The van der Waals surface area contributed by atoms with E-state index in [4.69, 9.17) is 14.2 Å². The Morgan fingerprint density at radius 1 is 1.14 bits per heavy atom. The van der Waals surface area contributed by atoms with Crippen molar-refractivity contribution in [3.05, 3.63) is 59.9 Å². The number of esters is 1. The van der Waals surface area contributed by atoms with Gasteiger partial charge in [0.2, 0.25) is 10.0 Å². The van der Waals surface area contributed by atoms with Crippen LogP contribution in [0.5, 0.6) is 11.5 Å². The molecule has 28 heavy (non-hydrogen) atoms. The van der Waals surface area contributed by atoms with Crippen LogP contribution in [0.2, 0.25) is 0 Å². The number of benzene rings is 2. The van der Waals surface area contributed by atoms with Gasteiger partial charge in [-0.15, -0.1) is 0 Å². The molecule has 0 bridgehead atoms. The van der Waals surface area contributed by atoms with Gasteiger partial charge in [0.15, 0.2) is 11.6 Å². The Morgan fingerprint density at radius 3 is 2.57 bits per heavy atom. The van der Waals surface area contributed by atoms with Gasteiger partial charge in [-0.05, 0) is 43.0 Å². The van der Waals surface area contributed by atoms with Gasteiger partial charge in [-0.25, -0.2) is 22.3 Å². The van der Waals surface area contributed by atoms with E-state index in [0.29, 0.717) is 5.56 Å². The number of methoxy groups -OCH3 is 1. The minimum atomic E-state index is -3.72. The van der Waals surface area contributed by atoms with Crippen LogP contribution in [0, 0.1) is 5.82 Å². The molecule has 1 N–H and O–H groups in total. The number of carbonyl (C=O) groups is 1. The van der Waals surface area contributed by atoms with Crippen LogP contribution in [0.4, 0.5) is 4.39 Å². The van der Waals surface area contributed by atoms with Gasteiger partial charge in [0.1, 0.15) is 23.9 Å². The monoisotopic (exact) mass is 409 g/mol. The summed E-state index contributed by atoms with van der Waals surface area (Å²) in [6.07, 6.45) is 2.56. The molecule has 0 fully saturated rings. The fraction of sp³-hybridized carbons (Fsp3) is 0.211. The molecule has 2 aromatic carbocycles. The van der Waals surface area contributed by atoms with Crippen molar-refractivity contribution < 1.29 is 31.8 Å². The Kier molecular flexibility index (Phi) is 7.53. The molecular formula is C19H20FNO6S. The van der Waals surface area contributed by atoms with E-state index in [0.717, 1.165) is 6.08 Å². The summed E-state index contributed by atoms with van der Waals surface area (Å²) in [6, 6.07) is 10.4. The molecule has 0 radical (unpaired) electrons. The first-order valence-electron chi connectivity index (χ1n) is 8.21. The van der Waals surface area contributed by atoms with E-state index in [9.17, 15) is 17.6 Å². The summed E-state index contributed by atoms with van der Waals surface area (Å²) in [5.41, 5.74) is 0.467. The number of hydrogen-bond donors (Lipinski definition) is 1. The maximum atomic E-state index is 13.4. The zero-order valence-corrected chi connectivity index (χ0v) is 16.2. The zero-order chi connectivity index (χ0) is 20.6. The van der Waals surface area contributed by atoms with Crippen LogP contribution in [-0.2, 0) is 19.6 Å². The number of carbonyl (C=O) groups excluding carboxylic acids is 1. The van der Waals surface area contributed by atoms with Crippen molar-refractivity contribution in [2.45, 2.75) is 4.90 Å². The van der Waals surface area contributed by atoms with Crippen LogP contribution in [0.25, 0.3) is 6.08 Å². The van der Waals surface area contributed by atoms with Crippen molar-refractivity contribution in [3.8, 4) is 11.5 Å². The van der Waals surface area contributed by atoms with Gasteiger partial charge < -0.3 is 14.2 Å². The molecule has 9 heteroatoms. The lowest BCUT2D eigenvalue weighted by atomic mass is 10.2. The number of nitrogens with one attached hydrogen (secondary N) is 1. The Morgan fingerprint density at radius 2 is 1.89 bits per heavy atom. The number of para-hydroxylation sites is 1. The number of rotatable bonds is 9. The minimum Gasteiger partial charge on any atom is -0.495 e. The highest BCUT2D eigenvalue weighted by Crippen LogP contribution is 2.25. The Hall–Kier alpha value is -2.91. The number of sulfonamides is 1. The van der Waals surface area contributed by atoms with Gasteiger partial charge in [-0.1, -0.05) is 18.2 Å². The maximum Gasteiger partial charge on any atom is 0.330 e. The van der Waals surface area contributed by atoms with Crippen LogP contribution in [-0.4, -0.2) is 41.8 Å². The maximum absolute atomic E-state index is 13.4. The minimum absolute atomic E-state index is 0.00634. The summed E-state index contributed by atoms with van der Waals surface area (Å²) in [7, 11) is -1.07. The van der Waals surface area contributed by atoms with Crippen molar-refractivity contribution in [2.24, 2.45) is 0 Å². The number of hydrogen-bond acceptors (Lipinski definition) is 6.